The van der Waals surface area contributed by atoms with Crippen molar-refractivity contribution < 1.29 is 4.79 Å². The molecule has 0 bridgehead atoms. The number of nitriles is 1. The van der Waals surface area contributed by atoms with E-state index in [-0.39, 0.29) is 5.91 Å². The predicted octanol–water partition coefficient (Wildman–Crippen LogP) is 4.52. The zero-order chi connectivity index (χ0) is 20.1. The summed E-state index contributed by atoms with van der Waals surface area (Å²) in [5, 5.41) is 13.1. The molecule has 4 rings (SSSR count). The van der Waals surface area contributed by atoms with Crippen molar-refractivity contribution in [3.63, 3.8) is 0 Å². The molecule has 0 saturated carbocycles. The topological polar surface area (TPSA) is 69.0 Å². The molecule has 5 heteroatoms. The van der Waals surface area contributed by atoms with E-state index in [4.69, 9.17) is 0 Å². The van der Waals surface area contributed by atoms with E-state index in [1.165, 1.54) is 0 Å². The fourth-order valence-corrected chi connectivity index (χ4v) is 3.79. The minimum atomic E-state index is -0.504. The van der Waals surface area contributed by atoms with E-state index in [1.807, 2.05) is 71.6 Å². The van der Waals surface area contributed by atoms with Crippen LogP contribution in [0.2, 0.25) is 0 Å². The van der Waals surface area contributed by atoms with Crippen molar-refractivity contribution in [2.24, 2.45) is 0 Å². The molecule has 144 valence electrons. The van der Waals surface area contributed by atoms with Gasteiger partial charge in [0.2, 0.25) is 0 Å². The first kappa shape index (κ1) is 18.7. The van der Waals surface area contributed by atoms with Crippen LogP contribution in [0, 0.1) is 11.3 Å². The van der Waals surface area contributed by atoms with Crippen molar-refractivity contribution in [1.82, 2.24) is 9.88 Å². The number of carbonyl (C=O) groups is 1. The Morgan fingerprint density at radius 3 is 2.17 bits per heavy atom. The number of piperidine rings is 1. The van der Waals surface area contributed by atoms with Gasteiger partial charge in [0, 0.05) is 42.4 Å². The lowest BCUT2D eigenvalue weighted by molar-refractivity contribution is 0.0692. The molecule has 1 aliphatic rings. The molecule has 1 saturated heterocycles. The van der Waals surface area contributed by atoms with Gasteiger partial charge in [-0.25, -0.2) is 0 Å². The molecule has 1 aliphatic heterocycles. The predicted molar refractivity (Wildman–Crippen MR) is 113 cm³/mol. The average Bonchev–Trinajstić information content (AvgIpc) is 2.80. The molecule has 0 spiro atoms. The van der Waals surface area contributed by atoms with Crippen LogP contribution in [0.15, 0.2) is 79.1 Å². The molecular weight excluding hydrogens is 360 g/mol. The molecule has 29 heavy (non-hydrogen) atoms. The first-order chi connectivity index (χ1) is 14.2. The van der Waals surface area contributed by atoms with Crippen molar-refractivity contribution in [1.29, 1.82) is 5.26 Å². The summed E-state index contributed by atoms with van der Waals surface area (Å²) in [6.07, 6.45) is 4.77. The number of carbonyl (C=O) groups excluding carboxylic acids is 1. The number of likely N-dealkylation sites (tertiary alicyclic amines) is 1. The highest BCUT2D eigenvalue weighted by Crippen LogP contribution is 2.35. The van der Waals surface area contributed by atoms with Crippen LogP contribution in [0.1, 0.15) is 28.8 Å². The Morgan fingerprint density at radius 2 is 1.55 bits per heavy atom. The maximum absolute atomic E-state index is 12.9. The van der Waals surface area contributed by atoms with E-state index >= 15 is 0 Å². The molecule has 0 aliphatic carbocycles. The lowest BCUT2D eigenvalue weighted by Gasteiger charge is -2.37. The van der Waals surface area contributed by atoms with Crippen molar-refractivity contribution in [3.05, 3.63) is 90.3 Å². The summed E-state index contributed by atoms with van der Waals surface area (Å²) in [5.74, 6) is 0.0139. The number of amides is 1. The van der Waals surface area contributed by atoms with E-state index in [9.17, 15) is 10.1 Å². The molecule has 0 radical (unpaired) electrons. The number of anilines is 2. The Balaban J connectivity index is 1.41. The fourth-order valence-electron chi connectivity index (χ4n) is 3.79. The van der Waals surface area contributed by atoms with Crippen LogP contribution in [0.3, 0.4) is 0 Å². The molecule has 1 N–H and O–H groups in total. The molecule has 2 heterocycles. The number of benzene rings is 2. The molecule has 1 fully saturated rings. The van der Waals surface area contributed by atoms with Crippen LogP contribution in [0.4, 0.5) is 11.4 Å². The van der Waals surface area contributed by atoms with Crippen LogP contribution >= 0.6 is 0 Å². The summed E-state index contributed by atoms with van der Waals surface area (Å²) in [5.41, 5.74) is 3.06. The van der Waals surface area contributed by atoms with Crippen LogP contribution in [-0.4, -0.2) is 28.9 Å². The standard InChI is InChI=1S/C24H22N4O/c25-18-24(20-4-2-1-3-5-20)12-16-28(17-13-24)23(29)19-6-8-21(9-7-19)27-22-10-14-26-15-11-22/h1-11,14-15H,12-13,16-17H2,(H,26,27). The van der Waals surface area contributed by atoms with Crippen molar-refractivity contribution >= 4 is 17.3 Å². The number of rotatable bonds is 4. The second kappa shape index (κ2) is 8.15. The largest absolute Gasteiger partial charge is 0.355 e. The van der Waals surface area contributed by atoms with E-state index in [2.05, 4.69) is 16.4 Å². The third-order valence-corrected chi connectivity index (χ3v) is 5.55. The molecule has 2 aromatic carbocycles. The second-order valence-corrected chi connectivity index (χ2v) is 7.29. The summed E-state index contributed by atoms with van der Waals surface area (Å²) in [6.45, 7) is 1.16. The van der Waals surface area contributed by atoms with Gasteiger partial charge in [0.1, 0.15) is 0 Å². The van der Waals surface area contributed by atoms with Crippen LogP contribution < -0.4 is 5.32 Å². The van der Waals surface area contributed by atoms with Gasteiger partial charge in [-0.3, -0.25) is 9.78 Å². The van der Waals surface area contributed by atoms with E-state index in [0.717, 1.165) is 16.9 Å². The lowest BCUT2D eigenvalue weighted by atomic mass is 9.74. The monoisotopic (exact) mass is 382 g/mol. The normalized spacial score (nSPS) is 15.3. The minimum Gasteiger partial charge on any atom is -0.355 e. The Kier molecular flexibility index (Phi) is 5.26. The van der Waals surface area contributed by atoms with Crippen molar-refractivity contribution in [2.45, 2.75) is 18.3 Å². The first-order valence-corrected chi connectivity index (χ1v) is 9.73. The summed E-state index contributed by atoms with van der Waals surface area (Å²) in [7, 11) is 0. The molecular formula is C24H22N4O. The number of nitrogens with zero attached hydrogens (tertiary/aromatic N) is 3. The zero-order valence-corrected chi connectivity index (χ0v) is 16.1. The van der Waals surface area contributed by atoms with Gasteiger partial charge in [-0.1, -0.05) is 30.3 Å². The fraction of sp³-hybridized carbons (Fsp3) is 0.208. The third-order valence-electron chi connectivity index (χ3n) is 5.55. The first-order valence-electron chi connectivity index (χ1n) is 9.73. The Morgan fingerprint density at radius 1 is 0.931 bits per heavy atom. The number of pyridine rings is 1. The quantitative estimate of drug-likeness (QED) is 0.720. The van der Waals surface area contributed by atoms with Crippen molar-refractivity contribution in [3.8, 4) is 6.07 Å². The summed E-state index contributed by atoms with van der Waals surface area (Å²) < 4.78 is 0. The number of aromatic nitrogens is 1. The summed E-state index contributed by atoms with van der Waals surface area (Å²) in [4.78, 5) is 18.8. The minimum absolute atomic E-state index is 0.0139. The van der Waals surface area contributed by atoms with Gasteiger partial charge in [0.15, 0.2) is 0 Å². The summed E-state index contributed by atoms with van der Waals surface area (Å²) in [6, 6.07) is 23.7. The molecule has 0 unspecified atom stereocenters. The van der Waals surface area contributed by atoms with E-state index < -0.39 is 5.41 Å². The number of hydrogen-bond acceptors (Lipinski definition) is 4. The molecule has 5 nitrogen and oxygen atoms in total. The highest BCUT2D eigenvalue weighted by molar-refractivity contribution is 5.94. The maximum atomic E-state index is 12.9. The van der Waals surface area contributed by atoms with Crippen molar-refractivity contribution in [2.75, 3.05) is 18.4 Å². The highest BCUT2D eigenvalue weighted by atomic mass is 16.2. The van der Waals surface area contributed by atoms with Gasteiger partial charge >= 0.3 is 0 Å². The smallest absolute Gasteiger partial charge is 0.253 e. The zero-order valence-electron chi connectivity index (χ0n) is 16.1. The van der Waals surface area contributed by atoms with Gasteiger partial charge < -0.3 is 10.2 Å². The highest BCUT2D eigenvalue weighted by Gasteiger charge is 2.37. The average molecular weight is 382 g/mol. The number of nitrogens with one attached hydrogen (secondary N) is 1. The van der Waals surface area contributed by atoms with Crippen LogP contribution in [-0.2, 0) is 5.41 Å². The molecule has 0 atom stereocenters. The molecule has 1 amide bonds. The van der Waals surface area contributed by atoms with Gasteiger partial charge in [0.05, 0.1) is 11.5 Å². The lowest BCUT2D eigenvalue weighted by Crippen LogP contribution is -2.44. The molecule has 1 aromatic heterocycles. The third kappa shape index (κ3) is 3.97. The SMILES string of the molecule is N#CC1(c2ccccc2)CCN(C(=O)c2ccc(Nc3ccncc3)cc2)CC1. The van der Waals surface area contributed by atoms with Gasteiger partial charge in [0.25, 0.3) is 5.91 Å². The van der Waals surface area contributed by atoms with Crippen LogP contribution in [0.5, 0.6) is 0 Å². The Labute approximate surface area is 170 Å². The van der Waals surface area contributed by atoms with E-state index in [1.54, 1.807) is 12.4 Å². The van der Waals surface area contributed by atoms with Crippen LogP contribution in [0.25, 0.3) is 0 Å². The Bertz CT molecular complexity index is 1000. The summed E-state index contributed by atoms with van der Waals surface area (Å²) >= 11 is 0. The Hall–Kier alpha value is -3.65. The van der Waals surface area contributed by atoms with Gasteiger partial charge in [-0.05, 0) is 54.8 Å². The van der Waals surface area contributed by atoms with Gasteiger partial charge in [-0.15, -0.1) is 0 Å². The molecule has 3 aromatic rings. The number of hydrogen-bond donors (Lipinski definition) is 1. The van der Waals surface area contributed by atoms with Gasteiger partial charge in [-0.2, -0.15) is 5.26 Å². The van der Waals surface area contributed by atoms with E-state index in [0.29, 0.717) is 31.5 Å². The second-order valence-electron chi connectivity index (χ2n) is 7.29. The maximum Gasteiger partial charge on any atom is 0.253 e.